The number of carbonyl (C=O) groups is 1. The van der Waals surface area contributed by atoms with Gasteiger partial charge in [-0.15, -0.1) is 0 Å². The molecule has 3 unspecified atom stereocenters. The molecule has 0 heterocycles. The SMILES string of the molecule is CC1CC(CCCCCCC(=O)NO)CCC1N. The van der Waals surface area contributed by atoms with Gasteiger partial charge in [0, 0.05) is 12.5 Å². The lowest BCUT2D eigenvalue weighted by Crippen LogP contribution is -2.34. The lowest BCUT2D eigenvalue weighted by molar-refractivity contribution is -0.129. The minimum absolute atomic E-state index is 0.273. The highest BCUT2D eigenvalue weighted by Gasteiger charge is 2.24. The van der Waals surface area contributed by atoms with Gasteiger partial charge in [0.25, 0.3) is 0 Å². The largest absolute Gasteiger partial charge is 0.327 e. The average Bonchev–Trinajstić information content (AvgIpc) is 2.37. The van der Waals surface area contributed by atoms with E-state index in [1.54, 1.807) is 5.48 Å². The molecular weight excluding hydrogens is 228 g/mol. The summed E-state index contributed by atoms with van der Waals surface area (Å²) in [6.45, 7) is 2.27. The number of nitrogens with two attached hydrogens (primary N) is 1. The molecule has 0 bridgehead atoms. The number of hydrogen-bond donors (Lipinski definition) is 3. The Morgan fingerprint density at radius 1 is 1.28 bits per heavy atom. The van der Waals surface area contributed by atoms with Crippen molar-refractivity contribution in [3.63, 3.8) is 0 Å². The Morgan fingerprint density at radius 3 is 2.67 bits per heavy atom. The number of amides is 1. The molecule has 0 spiro atoms. The van der Waals surface area contributed by atoms with Gasteiger partial charge in [0.15, 0.2) is 0 Å². The van der Waals surface area contributed by atoms with E-state index in [9.17, 15) is 4.79 Å². The van der Waals surface area contributed by atoms with Gasteiger partial charge in [0.2, 0.25) is 5.91 Å². The lowest BCUT2D eigenvalue weighted by atomic mass is 9.77. The molecule has 1 aliphatic carbocycles. The van der Waals surface area contributed by atoms with E-state index in [2.05, 4.69) is 6.92 Å². The van der Waals surface area contributed by atoms with E-state index in [1.807, 2.05) is 0 Å². The quantitative estimate of drug-likeness (QED) is 0.372. The van der Waals surface area contributed by atoms with Crippen LogP contribution >= 0.6 is 0 Å². The third-order valence-corrected chi connectivity index (χ3v) is 4.24. The number of hydroxylamine groups is 1. The van der Waals surface area contributed by atoms with Crippen LogP contribution < -0.4 is 11.2 Å². The maximum Gasteiger partial charge on any atom is 0.243 e. The van der Waals surface area contributed by atoms with Gasteiger partial charge in [0.1, 0.15) is 0 Å². The topological polar surface area (TPSA) is 75.3 Å². The summed E-state index contributed by atoms with van der Waals surface area (Å²) in [5.74, 6) is 1.27. The molecule has 4 nitrogen and oxygen atoms in total. The standard InChI is InChI=1S/C14H28N2O2/c1-11-10-12(8-9-13(11)15)6-4-2-3-5-7-14(17)16-18/h11-13,18H,2-10,15H2,1H3,(H,16,17). The van der Waals surface area contributed by atoms with Crippen LogP contribution in [0.15, 0.2) is 0 Å². The van der Waals surface area contributed by atoms with Gasteiger partial charge >= 0.3 is 0 Å². The van der Waals surface area contributed by atoms with Gasteiger partial charge in [-0.25, -0.2) is 5.48 Å². The number of carbonyl (C=O) groups excluding carboxylic acids is 1. The Hall–Kier alpha value is -0.610. The van der Waals surface area contributed by atoms with Crippen molar-refractivity contribution in [2.75, 3.05) is 0 Å². The summed E-state index contributed by atoms with van der Waals surface area (Å²) in [7, 11) is 0. The van der Waals surface area contributed by atoms with E-state index in [0.29, 0.717) is 18.4 Å². The summed E-state index contributed by atoms with van der Waals surface area (Å²) in [6.07, 6.45) is 9.90. The summed E-state index contributed by atoms with van der Waals surface area (Å²) < 4.78 is 0. The zero-order chi connectivity index (χ0) is 13.4. The highest BCUT2D eigenvalue weighted by Crippen LogP contribution is 2.31. The Balaban J connectivity index is 1.96. The first kappa shape index (κ1) is 15.4. The molecule has 0 aliphatic heterocycles. The minimum atomic E-state index is -0.273. The van der Waals surface area contributed by atoms with Crippen LogP contribution in [0, 0.1) is 11.8 Å². The molecule has 0 aromatic rings. The van der Waals surface area contributed by atoms with E-state index < -0.39 is 0 Å². The Morgan fingerprint density at radius 2 is 2.00 bits per heavy atom. The van der Waals surface area contributed by atoms with Gasteiger partial charge < -0.3 is 5.73 Å². The third kappa shape index (κ3) is 5.83. The number of rotatable bonds is 7. The van der Waals surface area contributed by atoms with Crippen LogP contribution in [0.5, 0.6) is 0 Å². The van der Waals surface area contributed by atoms with Crippen molar-refractivity contribution in [2.24, 2.45) is 17.6 Å². The smallest absolute Gasteiger partial charge is 0.243 e. The number of nitrogens with one attached hydrogen (secondary N) is 1. The predicted molar refractivity (Wildman–Crippen MR) is 72.1 cm³/mol. The highest BCUT2D eigenvalue weighted by atomic mass is 16.5. The molecule has 1 amide bonds. The molecular formula is C14H28N2O2. The van der Waals surface area contributed by atoms with Crippen LogP contribution in [0.2, 0.25) is 0 Å². The molecule has 0 aromatic carbocycles. The van der Waals surface area contributed by atoms with Crippen molar-refractivity contribution in [1.29, 1.82) is 0 Å². The minimum Gasteiger partial charge on any atom is -0.327 e. The summed E-state index contributed by atoms with van der Waals surface area (Å²) >= 11 is 0. The molecule has 106 valence electrons. The van der Waals surface area contributed by atoms with Gasteiger partial charge in [0.05, 0.1) is 0 Å². The predicted octanol–water partition coefficient (Wildman–Crippen LogP) is 2.60. The Labute approximate surface area is 110 Å². The summed E-state index contributed by atoms with van der Waals surface area (Å²) in [5, 5.41) is 8.34. The highest BCUT2D eigenvalue weighted by molar-refractivity contribution is 5.74. The first-order valence-corrected chi connectivity index (χ1v) is 7.32. The van der Waals surface area contributed by atoms with Crippen LogP contribution in [0.3, 0.4) is 0 Å². The molecule has 0 aromatic heterocycles. The van der Waals surface area contributed by atoms with Crippen LogP contribution in [0.25, 0.3) is 0 Å². The second-order valence-corrected chi connectivity index (χ2v) is 5.81. The summed E-state index contributed by atoms with van der Waals surface area (Å²) in [4.78, 5) is 10.8. The van der Waals surface area contributed by atoms with Gasteiger partial charge in [-0.05, 0) is 37.5 Å². The lowest BCUT2D eigenvalue weighted by Gasteiger charge is -2.31. The summed E-state index contributed by atoms with van der Waals surface area (Å²) in [6, 6.07) is 0.415. The first-order valence-electron chi connectivity index (χ1n) is 7.32. The van der Waals surface area contributed by atoms with Crippen molar-refractivity contribution in [1.82, 2.24) is 5.48 Å². The average molecular weight is 256 g/mol. The van der Waals surface area contributed by atoms with Crippen molar-refractivity contribution in [3.05, 3.63) is 0 Å². The van der Waals surface area contributed by atoms with Crippen LogP contribution in [-0.2, 0) is 4.79 Å². The normalized spacial score (nSPS) is 28.1. The first-order chi connectivity index (χ1) is 8.63. The van der Waals surface area contributed by atoms with Crippen LogP contribution in [0.4, 0.5) is 0 Å². The molecule has 1 fully saturated rings. The van der Waals surface area contributed by atoms with Crippen LogP contribution in [0.1, 0.15) is 64.7 Å². The fourth-order valence-corrected chi connectivity index (χ4v) is 2.92. The maximum absolute atomic E-state index is 10.8. The van der Waals surface area contributed by atoms with Gasteiger partial charge in [-0.2, -0.15) is 0 Å². The monoisotopic (exact) mass is 256 g/mol. The molecule has 4 N–H and O–H groups in total. The second-order valence-electron chi connectivity index (χ2n) is 5.81. The fourth-order valence-electron chi connectivity index (χ4n) is 2.92. The molecule has 1 rings (SSSR count). The second kappa shape index (κ2) is 8.48. The molecule has 4 heteroatoms. The van der Waals surface area contributed by atoms with E-state index in [4.69, 9.17) is 10.9 Å². The van der Waals surface area contributed by atoms with Crippen molar-refractivity contribution in [2.45, 2.75) is 70.8 Å². The van der Waals surface area contributed by atoms with E-state index >= 15 is 0 Å². The number of hydrogen-bond acceptors (Lipinski definition) is 3. The third-order valence-electron chi connectivity index (χ3n) is 4.24. The molecule has 0 radical (unpaired) electrons. The Bertz CT molecular complexity index is 246. The summed E-state index contributed by atoms with van der Waals surface area (Å²) in [5.41, 5.74) is 7.68. The van der Waals surface area contributed by atoms with Crippen molar-refractivity contribution < 1.29 is 10.0 Å². The van der Waals surface area contributed by atoms with E-state index in [1.165, 1.54) is 38.5 Å². The molecule has 1 saturated carbocycles. The van der Waals surface area contributed by atoms with Crippen LogP contribution in [-0.4, -0.2) is 17.2 Å². The Kier molecular flexibility index (Phi) is 7.28. The van der Waals surface area contributed by atoms with Gasteiger partial charge in [-0.3, -0.25) is 10.0 Å². The molecule has 0 saturated heterocycles. The molecule has 1 aliphatic rings. The molecule has 18 heavy (non-hydrogen) atoms. The number of unbranched alkanes of at least 4 members (excludes halogenated alkanes) is 3. The fraction of sp³-hybridized carbons (Fsp3) is 0.929. The zero-order valence-electron chi connectivity index (χ0n) is 11.5. The maximum atomic E-state index is 10.8. The van der Waals surface area contributed by atoms with E-state index in [-0.39, 0.29) is 5.91 Å². The van der Waals surface area contributed by atoms with E-state index in [0.717, 1.165) is 18.8 Å². The van der Waals surface area contributed by atoms with Crippen molar-refractivity contribution >= 4 is 5.91 Å². The zero-order valence-corrected chi connectivity index (χ0v) is 11.5. The van der Waals surface area contributed by atoms with Crippen molar-refractivity contribution in [3.8, 4) is 0 Å². The van der Waals surface area contributed by atoms with Gasteiger partial charge in [-0.1, -0.05) is 32.6 Å². The molecule has 3 atom stereocenters.